The lowest BCUT2D eigenvalue weighted by molar-refractivity contribution is -0.156. The summed E-state index contributed by atoms with van der Waals surface area (Å²) in [6.07, 6.45) is 1.05. The summed E-state index contributed by atoms with van der Waals surface area (Å²) in [4.78, 5) is 25.1. The van der Waals surface area contributed by atoms with Gasteiger partial charge in [0.15, 0.2) is 6.61 Å². The number of nitrogens with zero attached hydrogens (tertiary/aromatic N) is 1. The highest BCUT2D eigenvalue weighted by molar-refractivity contribution is 5.81. The van der Waals surface area contributed by atoms with Crippen molar-refractivity contribution in [3.8, 4) is 11.8 Å². The smallest absolute Gasteiger partial charge is 0.411 e. The van der Waals surface area contributed by atoms with Crippen LogP contribution in [0.4, 0.5) is 4.79 Å². The first-order valence-electron chi connectivity index (χ1n) is 7.34. The molecule has 0 aliphatic rings. The second kappa shape index (κ2) is 10.1. The molecule has 21 heavy (non-hydrogen) atoms. The predicted molar refractivity (Wildman–Crippen MR) is 81.6 cm³/mol. The number of ether oxygens (including phenoxy) is 2. The van der Waals surface area contributed by atoms with Gasteiger partial charge in [-0.15, -0.1) is 5.92 Å². The molecule has 0 saturated heterocycles. The van der Waals surface area contributed by atoms with E-state index in [4.69, 9.17) is 9.47 Å². The van der Waals surface area contributed by atoms with Gasteiger partial charge in [0.2, 0.25) is 0 Å². The van der Waals surface area contributed by atoms with Crippen molar-refractivity contribution in [2.45, 2.75) is 59.6 Å². The van der Waals surface area contributed by atoms with E-state index in [1.807, 2.05) is 20.8 Å². The first-order chi connectivity index (χ1) is 9.84. The quantitative estimate of drug-likeness (QED) is 0.535. The molecule has 0 heterocycles. The Kier molecular flexibility index (Phi) is 9.27. The number of hydrogen-bond acceptors (Lipinski definition) is 4. The van der Waals surface area contributed by atoms with Gasteiger partial charge in [0.05, 0.1) is 0 Å². The van der Waals surface area contributed by atoms with Crippen LogP contribution < -0.4 is 0 Å². The van der Waals surface area contributed by atoms with E-state index in [-0.39, 0.29) is 18.6 Å². The van der Waals surface area contributed by atoms with Gasteiger partial charge in [-0.05, 0) is 26.2 Å². The Balaban J connectivity index is 4.52. The molecule has 0 aromatic heterocycles. The third-order valence-electron chi connectivity index (χ3n) is 3.24. The molecule has 0 aromatic carbocycles. The highest BCUT2D eigenvalue weighted by Gasteiger charge is 2.27. The van der Waals surface area contributed by atoms with Crippen LogP contribution in [-0.4, -0.2) is 42.8 Å². The number of carbonyl (C=O) groups is 2. The van der Waals surface area contributed by atoms with Crippen molar-refractivity contribution < 1.29 is 19.1 Å². The van der Waals surface area contributed by atoms with Gasteiger partial charge in [0, 0.05) is 7.05 Å². The fourth-order valence-corrected chi connectivity index (χ4v) is 1.65. The van der Waals surface area contributed by atoms with Gasteiger partial charge >= 0.3 is 12.1 Å². The Morgan fingerprint density at radius 1 is 1.24 bits per heavy atom. The lowest BCUT2D eigenvalue weighted by Crippen LogP contribution is -2.43. The Morgan fingerprint density at radius 2 is 1.86 bits per heavy atom. The second-order valence-electron chi connectivity index (χ2n) is 5.28. The zero-order valence-electron chi connectivity index (χ0n) is 13.9. The van der Waals surface area contributed by atoms with E-state index in [1.54, 1.807) is 13.8 Å². The van der Waals surface area contributed by atoms with Gasteiger partial charge in [-0.25, -0.2) is 9.59 Å². The van der Waals surface area contributed by atoms with Crippen molar-refractivity contribution in [3.05, 3.63) is 0 Å². The summed E-state index contributed by atoms with van der Waals surface area (Å²) in [7, 11) is 1.51. The predicted octanol–water partition coefficient (Wildman–Crippen LogP) is 2.83. The van der Waals surface area contributed by atoms with Crippen LogP contribution in [0.25, 0.3) is 0 Å². The number of likely N-dealkylation sites (N-methyl/N-ethyl adjacent to an activating group) is 1. The van der Waals surface area contributed by atoms with Gasteiger partial charge in [0.25, 0.3) is 0 Å². The van der Waals surface area contributed by atoms with E-state index in [0.717, 1.165) is 12.8 Å². The zero-order valence-corrected chi connectivity index (χ0v) is 13.9. The van der Waals surface area contributed by atoms with Crippen molar-refractivity contribution in [1.82, 2.24) is 4.90 Å². The van der Waals surface area contributed by atoms with Gasteiger partial charge in [-0.2, -0.15) is 0 Å². The molecule has 2 atom stereocenters. The van der Waals surface area contributed by atoms with E-state index < -0.39 is 18.1 Å². The summed E-state index contributed by atoms with van der Waals surface area (Å²) >= 11 is 0. The molecule has 5 heteroatoms. The standard InChI is InChI=1S/C16H27NO4/c1-7-9-11-20-16(19)17(6)13(5)15(18)21-14(10-8-2)12(3)4/h12-14H,8,10-11H2,1-6H3. The van der Waals surface area contributed by atoms with Gasteiger partial charge in [0.1, 0.15) is 12.1 Å². The van der Waals surface area contributed by atoms with Crippen LogP contribution in [0.5, 0.6) is 0 Å². The van der Waals surface area contributed by atoms with E-state index in [1.165, 1.54) is 11.9 Å². The summed E-state index contributed by atoms with van der Waals surface area (Å²) in [5.74, 6) is 5.09. The maximum absolute atomic E-state index is 12.1. The van der Waals surface area contributed by atoms with Crippen molar-refractivity contribution in [3.63, 3.8) is 0 Å². The molecule has 1 amide bonds. The van der Waals surface area contributed by atoms with Crippen LogP contribution >= 0.6 is 0 Å². The van der Waals surface area contributed by atoms with E-state index in [9.17, 15) is 9.59 Å². The zero-order chi connectivity index (χ0) is 16.4. The van der Waals surface area contributed by atoms with Crippen LogP contribution in [0.2, 0.25) is 0 Å². The molecule has 5 nitrogen and oxygen atoms in total. The maximum atomic E-state index is 12.1. The molecule has 0 aromatic rings. The fraction of sp³-hybridized carbons (Fsp3) is 0.750. The fourth-order valence-electron chi connectivity index (χ4n) is 1.65. The summed E-state index contributed by atoms with van der Waals surface area (Å²) < 4.78 is 10.4. The molecule has 0 aliphatic heterocycles. The molecule has 0 rings (SSSR count). The minimum absolute atomic E-state index is 0.0197. The average molecular weight is 297 g/mol. The maximum Gasteiger partial charge on any atom is 0.411 e. The number of rotatable bonds is 7. The molecule has 0 fully saturated rings. The molecule has 0 bridgehead atoms. The number of amides is 1. The van der Waals surface area contributed by atoms with Gasteiger partial charge < -0.3 is 9.47 Å². The van der Waals surface area contributed by atoms with Crippen LogP contribution in [0, 0.1) is 17.8 Å². The normalized spacial score (nSPS) is 12.9. The van der Waals surface area contributed by atoms with Crippen molar-refractivity contribution in [1.29, 1.82) is 0 Å². The van der Waals surface area contributed by atoms with E-state index >= 15 is 0 Å². The average Bonchev–Trinajstić information content (AvgIpc) is 2.44. The monoisotopic (exact) mass is 297 g/mol. The lowest BCUT2D eigenvalue weighted by Gasteiger charge is -2.26. The van der Waals surface area contributed by atoms with Gasteiger partial charge in [-0.3, -0.25) is 4.90 Å². The number of carbonyl (C=O) groups excluding carboxylic acids is 2. The minimum Gasteiger partial charge on any atom is -0.461 e. The Morgan fingerprint density at radius 3 is 2.33 bits per heavy atom. The number of hydrogen-bond donors (Lipinski definition) is 0. The first-order valence-corrected chi connectivity index (χ1v) is 7.34. The molecular weight excluding hydrogens is 270 g/mol. The highest BCUT2D eigenvalue weighted by atomic mass is 16.6. The van der Waals surface area contributed by atoms with Crippen LogP contribution in [-0.2, 0) is 14.3 Å². The summed E-state index contributed by atoms with van der Waals surface area (Å²) in [6.45, 7) is 9.38. The molecule has 0 spiro atoms. The Hall–Kier alpha value is -1.70. The molecule has 0 radical (unpaired) electrons. The summed E-state index contributed by atoms with van der Waals surface area (Å²) in [6, 6.07) is -0.690. The molecule has 120 valence electrons. The van der Waals surface area contributed by atoms with Crippen molar-refractivity contribution in [2.24, 2.45) is 5.92 Å². The van der Waals surface area contributed by atoms with Crippen LogP contribution in [0.1, 0.15) is 47.5 Å². The second-order valence-corrected chi connectivity index (χ2v) is 5.28. The molecule has 0 aliphatic carbocycles. The lowest BCUT2D eigenvalue weighted by atomic mass is 10.0. The van der Waals surface area contributed by atoms with E-state index in [0.29, 0.717) is 0 Å². The largest absolute Gasteiger partial charge is 0.461 e. The molecule has 0 N–H and O–H groups in total. The Labute approximate surface area is 128 Å². The minimum atomic E-state index is -0.690. The molecule has 0 saturated carbocycles. The highest BCUT2D eigenvalue weighted by Crippen LogP contribution is 2.15. The number of esters is 1. The Bertz CT molecular complexity index is 395. The van der Waals surface area contributed by atoms with Crippen molar-refractivity contribution in [2.75, 3.05) is 13.7 Å². The van der Waals surface area contributed by atoms with Gasteiger partial charge in [-0.1, -0.05) is 33.1 Å². The van der Waals surface area contributed by atoms with Crippen molar-refractivity contribution >= 4 is 12.1 Å². The van der Waals surface area contributed by atoms with Crippen LogP contribution in [0.15, 0.2) is 0 Å². The molecule has 2 unspecified atom stereocenters. The van der Waals surface area contributed by atoms with Crippen LogP contribution in [0.3, 0.4) is 0 Å². The van der Waals surface area contributed by atoms with E-state index in [2.05, 4.69) is 11.8 Å². The topological polar surface area (TPSA) is 55.8 Å². The first kappa shape index (κ1) is 19.3. The SMILES string of the molecule is CC#CCOC(=O)N(C)C(C)C(=O)OC(CCC)C(C)C. The third kappa shape index (κ3) is 7.03. The third-order valence-corrected chi connectivity index (χ3v) is 3.24. The summed E-state index contributed by atoms with van der Waals surface area (Å²) in [5, 5.41) is 0. The summed E-state index contributed by atoms with van der Waals surface area (Å²) in [5.41, 5.74) is 0. The molecular formula is C16H27NO4.